The minimum atomic E-state index is -0.590. The zero-order valence-electron chi connectivity index (χ0n) is 21.0. The van der Waals surface area contributed by atoms with Gasteiger partial charge in [0.15, 0.2) is 0 Å². The van der Waals surface area contributed by atoms with Gasteiger partial charge in [0, 0.05) is 30.5 Å². The fourth-order valence-electron chi connectivity index (χ4n) is 4.89. The number of allylic oxidation sites excluding steroid dienone is 1. The first-order valence-corrected chi connectivity index (χ1v) is 12.4. The van der Waals surface area contributed by atoms with E-state index >= 15 is 0 Å². The summed E-state index contributed by atoms with van der Waals surface area (Å²) in [5, 5.41) is 10.4. The van der Waals surface area contributed by atoms with Crippen LogP contribution in [0.3, 0.4) is 0 Å². The first kappa shape index (κ1) is 24.7. The molecule has 0 spiro atoms. The van der Waals surface area contributed by atoms with Crippen LogP contribution in [0.2, 0.25) is 0 Å². The number of rotatable bonds is 10. The topological polar surface area (TPSA) is 114 Å². The molecular weight excluding hydrogens is 440 g/mol. The molecule has 2 fully saturated rings. The van der Waals surface area contributed by atoms with E-state index in [4.69, 9.17) is 5.73 Å². The Hall–Kier alpha value is -3.42. The molecule has 2 aromatic rings. The Morgan fingerprint density at radius 1 is 1.11 bits per heavy atom. The molecule has 1 atom stereocenters. The highest BCUT2D eigenvalue weighted by molar-refractivity contribution is 6.12. The normalized spacial score (nSPS) is 17.5. The second kappa shape index (κ2) is 10.5. The quantitative estimate of drug-likeness (QED) is 0.451. The molecule has 2 aliphatic carbocycles. The van der Waals surface area contributed by atoms with Gasteiger partial charge in [0.2, 0.25) is 5.91 Å². The molecule has 2 saturated carbocycles. The van der Waals surface area contributed by atoms with E-state index in [-0.39, 0.29) is 23.8 Å². The number of hydrogen-bond acceptors (Lipinski definition) is 5. The molecule has 2 aliphatic rings. The number of carbonyl (C=O) groups is 2. The van der Waals surface area contributed by atoms with Gasteiger partial charge in [0.05, 0.1) is 5.71 Å². The molecule has 8 nitrogen and oxygen atoms in total. The lowest BCUT2D eigenvalue weighted by Gasteiger charge is -2.28. The largest absolute Gasteiger partial charge is 0.404 e. The summed E-state index contributed by atoms with van der Waals surface area (Å²) in [4.78, 5) is 31.2. The van der Waals surface area contributed by atoms with Gasteiger partial charge in [0.1, 0.15) is 11.7 Å². The fourth-order valence-corrected chi connectivity index (χ4v) is 4.89. The van der Waals surface area contributed by atoms with Crippen LogP contribution < -0.4 is 16.4 Å². The van der Waals surface area contributed by atoms with Gasteiger partial charge in [-0.1, -0.05) is 12.1 Å². The van der Waals surface area contributed by atoms with Gasteiger partial charge < -0.3 is 16.4 Å². The van der Waals surface area contributed by atoms with Crippen molar-refractivity contribution in [3.63, 3.8) is 0 Å². The summed E-state index contributed by atoms with van der Waals surface area (Å²) in [7, 11) is 1.73. The van der Waals surface area contributed by atoms with Gasteiger partial charge in [-0.3, -0.25) is 19.3 Å². The van der Waals surface area contributed by atoms with Crippen LogP contribution in [0.1, 0.15) is 68.5 Å². The number of aromatic nitrogens is 2. The van der Waals surface area contributed by atoms with E-state index in [9.17, 15) is 9.59 Å². The predicted molar refractivity (Wildman–Crippen MR) is 138 cm³/mol. The van der Waals surface area contributed by atoms with Gasteiger partial charge in [-0.2, -0.15) is 5.10 Å². The Kier molecular flexibility index (Phi) is 7.38. The summed E-state index contributed by atoms with van der Waals surface area (Å²) in [6.45, 7) is 5.87. The SMILES string of the molecule is CN=C(/C(C)=C\N)c1ccc(NC(=O)C(NC(=O)c2ccnn2C(C)C)C(C2CC2)C2CC2)cc1. The maximum absolute atomic E-state index is 13.6. The average Bonchev–Trinajstić information content (AvgIpc) is 3.79. The smallest absolute Gasteiger partial charge is 0.270 e. The van der Waals surface area contributed by atoms with Crippen molar-refractivity contribution in [2.45, 2.75) is 58.5 Å². The van der Waals surface area contributed by atoms with Crippen LogP contribution in [-0.2, 0) is 4.79 Å². The molecular formula is C27H36N6O2. The second-order valence-electron chi connectivity index (χ2n) is 9.95. The highest BCUT2D eigenvalue weighted by atomic mass is 16.2. The van der Waals surface area contributed by atoms with E-state index < -0.39 is 6.04 Å². The number of nitrogens with zero attached hydrogens (tertiary/aromatic N) is 3. The van der Waals surface area contributed by atoms with Crippen molar-refractivity contribution in [1.29, 1.82) is 0 Å². The maximum atomic E-state index is 13.6. The molecule has 0 aliphatic heterocycles. The van der Waals surface area contributed by atoms with Crippen molar-refractivity contribution < 1.29 is 9.59 Å². The molecule has 0 saturated heterocycles. The van der Waals surface area contributed by atoms with Crippen LogP contribution in [0.25, 0.3) is 0 Å². The average molecular weight is 477 g/mol. The Morgan fingerprint density at radius 3 is 2.26 bits per heavy atom. The Bertz CT molecular complexity index is 1110. The Morgan fingerprint density at radius 2 is 1.74 bits per heavy atom. The number of amides is 2. The third-order valence-corrected chi connectivity index (χ3v) is 6.95. The zero-order valence-corrected chi connectivity index (χ0v) is 21.0. The van der Waals surface area contributed by atoms with Crippen molar-refractivity contribution in [2.24, 2.45) is 28.5 Å². The standard InChI is InChI=1S/C27H36N6O2/c1-16(2)33-22(13-14-30-33)26(34)32-25(23(18-5-6-18)19-7-8-19)27(35)31-21-11-9-20(10-12-21)24(29-4)17(3)15-28/h9-16,18-19,23,25H,5-8,28H2,1-4H3,(H,31,35)(H,32,34)/b17-15-,29-24?. The highest BCUT2D eigenvalue weighted by Gasteiger charge is 2.48. The molecule has 1 unspecified atom stereocenters. The summed E-state index contributed by atoms with van der Waals surface area (Å²) in [6.07, 6.45) is 7.63. The lowest BCUT2D eigenvalue weighted by Crippen LogP contribution is -2.50. The van der Waals surface area contributed by atoms with Crippen molar-refractivity contribution in [3.8, 4) is 0 Å². The molecule has 186 valence electrons. The molecule has 2 amide bonds. The molecule has 1 aromatic carbocycles. The van der Waals surface area contributed by atoms with E-state index in [1.165, 1.54) is 6.20 Å². The summed E-state index contributed by atoms with van der Waals surface area (Å²) in [5.41, 5.74) is 9.42. The summed E-state index contributed by atoms with van der Waals surface area (Å²) < 4.78 is 1.69. The molecule has 1 heterocycles. The van der Waals surface area contributed by atoms with Crippen LogP contribution in [0, 0.1) is 17.8 Å². The number of nitrogens with one attached hydrogen (secondary N) is 2. The molecule has 8 heteroatoms. The van der Waals surface area contributed by atoms with E-state index in [2.05, 4.69) is 20.7 Å². The van der Waals surface area contributed by atoms with Crippen LogP contribution in [0.15, 0.2) is 53.3 Å². The summed E-state index contributed by atoms with van der Waals surface area (Å²) in [6, 6.07) is 8.71. The third kappa shape index (κ3) is 5.63. The van der Waals surface area contributed by atoms with Crippen LogP contribution in [0.5, 0.6) is 0 Å². The summed E-state index contributed by atoms with van der Waals surface area (Å²) in [5.74, 6) is 0.708. The van der Waals surface area contributed by atoms with Gasteiger partial charge in [0.25, 0.3) is 5.91 Å². The number of carbonyl (C=O) groups excluding carboxylic acids is 2. The third-order valence-electron chi connectivity index (χ3n) is 6.95. The van der Waals surface area contributed by atoms with Gasteiger partial charge in [-0.25, -0.2) is 0 Å². The van der Waals surface area contributed by atoms with Crippen molar-refractivity contribution >= 4 is 23.2 Å². The van der Waals surface area contributed by atoms with Gasteiger partial charge in [-0.15, -0.1) is 0 Å². The second-order valence-corrected chi connectivity index (χ2v) is 9.95. The number of nitrogens with two attached hydrogens (primary N) is 1. The molecule has 4 N–H and O–H groups in total. The molecule has 35 heavy (non-hydrogen) atoms. The minimum absolute atomic E-state index is 0.0495. The van der Waals surface area contributed by atoms with Crippen LogP contribution in [-0.4, -0.2) is 40.4 Å². The van der Waals surface area contributed by atoms with Crippen molar-refractivity contribution in [3.05, 3.63) is 59.6 Å². The van der Waals surface area contributed by atoms with Crippen LogP contribution >= 0.6 is 0 Å². The molecule has 0 bridgehead atoms. The molecule has 1 aromatic heterocycles. The fraction of sp³-hybridized carbons (Fsp3) is 0.481. The van der Waals surface area contributed by atoms with E-state index in [0.29, 0.717) is 23.2 Å². The Labute approximate surface area is 207 Å². The van der Waals surface area contributed by atoms with Crippen LogP contribution in [0.4, 0.5) is 5.69 Å². The van der Waals surface area contributed by atoms with E-state index in [1.807, 2.05) is 45.0 Å². The summed E-state index contributed by atoms with van der Waals surface area (Å²) >= 11 is 0. The lowest BCUT2D eigenvalue weighted by atomic mass is 9.88. The van der Waals surface area contributed by atoms with Gasteiger partial charge >= 0.3 is 0 Å². The van der Waals surface area contributed by atoms with E-state index in [1.54, 1.807) is 24.0 Å². The van der Waals surface area contributed by atoms with E-state index in [0.717, 1.165) is 42.5 Å². The molecule has 4 rings (SSSR count). The zero-order chi connectivity index (χ0) is 25.1. The van der Waals surface area contributed by atoms with Gasteiger partial charge in [-0.05, 0) is 94.2 Å². The first-order chi connectivity index (χ1) is 16.8. The van der Waals surface area contributed by atoms with Crippen molar-refractivity contribution in [1.82, 2.24) is 15.1 Å². The minimum Gasteiger partial charge on any atom is -0.404 e. The number of anilines is 1. The predicted octanol–water partition coefficient (Wildman–Crippen LogP) is 3.92. The number of benzene rings is 1. The number of hydrogen-bond donors (Lipinski definition) is 3. The number of aliphatic imine (C=N–C) groups is 1. The Balaban J connectivity index is 1.54. The monoisotopic (exact) mass is 476 g/mol. The lowest BCUT2D eigenvalue weighted by molar-refractivity contribution is -0.119. The maximum Gasteiger partial charge on any atom is 0.270 e. The highest BCUT2D eigenvalue weighted by Crippen LogP contribution is 2.50. The molecule has 0 radical (unpaired) electrons. The first-order valence-electron chi connectivity index (χ1n) is 12.4. The van der Waals surface area contributed by atoms with Crippen molar-refractivity contribution in [2.75, 3.05) is 12.4 Å².